The second-order valence-electron chi connectivity index (χ2n) is 9.85. The largest absolute Gasteiger partial charge is 0.487 e. The van der Waals surface area contributed by atoms with E-state index in [1.807, 2.05) is 29.2 Å². The summed E-state index contributed by atoms with van der Waals surface area (Å²) in [6.07, 6.45) is 2.96. The van der Waals surface area contributed by atoms with Gasteiger partial charge in [0.05, 0.1) is 0 Å². The Hall–Kier alpha value is -3.38. The van der Waals surface area contributed by atoms with E-state index < -0.39 is 11.6 Å². The van der Waals surface area contributed by atoms with Crippen LogP contribution in [0, 0.1) is 11.6 Å². The molecule has 0 unspecified atom stereocenters. The molecule has 0 aromatic heterocycles. The van der Waals surface area contributed by atoms with Crippen molar-refractivity contribution in [2.75, 3.05) is 0 Å². The van der Waals surface area contributed by atoms with Gasteiger partial charge in [0.2, 0.25) is 0 Å². The maximum Gasteiger partial charge on any atom is 0.254 e. The molecule has 1 amide bonds. The average Bonchev–Trinajstić information content (AvgIpc) is 3.18. The van der Waals surface area contributed by atoms with Gasteiger partial charge < -0.3 is 9.64 Å². The van der Waals surface area contributed by atoms with E-state index in [9.17, 15) is 13.6 Å². The number of halogens is 2. The van der Waals surface area contributed by atoms with Gasteiger partial charge in [-0.25, -0.2) is 8.78 Å². The van der Waals surface area contributed by atoms with E-state index in [1.165, 1.54) is 33.4 Å². The molecular formula is C31H27F2NO2S. The van der Waals surface area contributed by atoms with Crippen molar-refractivity contribution in [2.24, 2.45) is 0 Å². The van der Waals surface area contributed by atoms with Gasteiger partial charge in [0.15, 0.2) is 11.6 Å². The number of ether oxygens (including phenoxy) is 1. The Morgan fingerprint density at radius 2 is 1.62 bits per heavy atom. The molecule has 3 nitrogen and oxygen atoms in total. The SMILES string of the molecule is O=C(c1ccc(CSc2cccc3ccccc23)cc1)N1[C@H]2CC[C@H]1CC(Oc1ccc(F)cc1F)C2. The number of carbonyl (C=O) groups is 1. The first kappa shape index (κ1) is 24.0. The molecule has 2 saturated heterocycles. The van der Waals surface area contributed by atoms with Crippen molar-refractivity contribution < 1.29 is 18.3 Å². The van der Waals surface area contributed by atoms with Crippen LogP contribution in [0.15, 0.2) is 89.8 Å². The zero-order valence-electron chi connectivity index (χ0n) is 20.3. The van der Waals surface area contributed by atoms with Crippen molar-refractivity contribution in [1.29, 1.82) is 0 Å². The summed E-state index contributed by atoms with van der Waals surface area (Å²) in [5.74, 6) is -0.362. The third-order valence-corrected chi connectivity index (χ3v) is 8.60. The highest BCUT2D eigenvalue weighted by Gasteiger charge is 2.44. The van der Waals surface area contributed by atoms with Crippen molar-refractivity contribution in [3.05, 3.63) is 108 Å². The summed E-state index contributed by atoms with van der Waals surface area (Å²) in [5, 5.41) is 2.49. The average molecular weight is 516 g/mol. The maximum absolute atomic E-state index is 14.1. The standard InChI is InChI=1S/C31H27F2NO2S/c32-23-12-15-29(28(33)16-23)36-26-17-24-13-14-25(18-26)34(24)31(35)22-10-8-20(9-11-22)19-37-30-7-3-5-21-4-1-2-6-27(21)30/h1-12,15-16,24-26H,13-14,17-19H2/t24-,25-/m0/s1. The van der Waals surface area contributed by atoms with Gasteiger partial charge in [0.25, 0.3) is 5.91 Å². The van der Waals surface area contributed by atoms with Gasteiger partial charge in [0.1, 0.15) is 11.9 Å². The van der Waals surface area contributed by atoms with Crippen LogP contribution in [0.3, 0.4) is 0 Å². The fourth-order valence-corrected chi connectivity index (χ4v) is 6.71. The molecule has 6 rings (SSSR count). The van der Waals surface area contributed by atoms with Gasteiger partial charge in [-0.3, -0.25) is 4.79 Å². The minimum atomic E-state index is -0.690. The third kappa shape index (κ3) is 4.95. The number of rotatable bonds is 6. The van der Waals surface area contributed by atoms with Gasteiger partial charge in [-0.1, -0.05) is 48.5 Å². The van der Waals surface area contributed by atoms with Gasteiger partial charge in [0, 0.05) is 47.2 Å². The Morgan fingerprint density at radius 3 is 2.38 bits per heavy atom. The predicted octanol–water partition coefficient (Wildman–Crippen LogP) is 7.62. The molecule has 0 N–H and O–H groups in total. The smallest absolute Gasteiger partial charge is 0.254 e. The highest BCUT2D eigenvalue weighted by atomic mass is 32.2. The molecule has 2 aliphatic heterocycles. The lowest BCUT2D eigenvalue weighted by atomic mass is 9.98. The Labute approximate surface area is 219 Å². The molecule has 2 bridgehead atoms. The predicted molar refractivity (Wildman–Crippen MR) is 143 cm³/mol. The number of thioether (sulfide) groups is 1. The first-order chi connectivity index (χ1) is 18.0. The lowest BCUT2D eigenvalue weighted by molar-refractivity contribution is 0.0349. The Balaban J connectivity index is 1.09. The fourth-order valence-electron chi connectivity index (χ4n) is 5.68. The second-order valence-corrected chi connectivity index (χ2v) is 10.9. The highest BCUT2D eigenvalue weighted by Crippen LogP contribution is 2.39. The number of amides is 1. The Kier molecular flexibility index (Phi) is 6.59. The van der Waals surface area contributed by atoms with Crippen LogP contribution in [0.1, 0.15) is 41.6 Å². The molecule has 0 spiro atoms. The molecule has 6 heteroatoms. The number of carbonyl (C=O) groups excluding carboxylic acids is 1. The minimum absolute atomic E-state index is 0.0483. The van der Waals surface area contributed by atoms with Crippen molar-refractivity contribution in [3.8, 4) is 5.75 Å². The molecule has 2 fully saturated rings. The molecule has 37 heavy (non-hydrogen) atoms. The monoisotopic (exact) mass is 515 g/mol. The van der Waals surface area contributed by atoms with Gasteiger partial charge in [-0.2, -0.15) is 0 Å². The van der Waals surface area contributed by atoms with E-state index >= 15 is 0 Å². The van der Waals surface area contributed by atoms with E-state index in [4.69, 9.17) is 4.74 Å². The van der Waals surface area contributed by atoms with Crippen molar-refractivity contribution in [2.45, 2.75) is 54.5 Å². The first-order valence-corrected chi connectivity index (χ1v) is 13.7. The zero-order valence-corrected chi connectivity index (χ0v) is 21.1. The van der Waals surface area contributed by atoms with Gasteiger partial charge in [-0.15, -0.1) is 11.8 Å². The summed E-state index contributed by atoms with van der Waals surface area (Å²) in [6.45, 7) is 0. The van der Waals surface area contributed by atoms with Crippen LogP contribution in [0.25, 0.3) is 10.8 Å². The van der Waals surface area contributed by atoms with Crippen molar-refractivity contribution in [1.82, 2.24) is 4.90 Å². The minimum Gasteiger partial charge on any atom is -0.487 e. The van der Waals surface area contributed by atoms with E-state index in [0.717, 1.165) is 24.7 Å². The summed E-state index contributed by atoms with van der Waals surface area (Å²) in [4.78, 5) is 16.7. The lowest BCUT2D eigenvalue weighted by Crippen LogP contribution is -2.49. The second kappa shape index (κ2) is 10.2. The summed E-state index contributed by atoms with van der Waals surface area (Å²) in [6, 6.07) is 26.2. The molecule has 0 aliphatic carbocycles. The Bertz CT molecular complexity index is 1420. The van der Waals surface area contributed by atoms with Crippen LogP contribution in [-0.2, 0) is 5.75 Å². The quantitative estimate of drug-likeness (QED) is 0.247. The Morgan fingerprint density at radius 1 is 0.892 bits per heavy atom. The van der Waals surface area contributed by atoms with E-state index in [-0.39, 0.29) is 29.8 Å². The van der Waals surface area contributed by atoms with Crippen LogP contribution >= 0.6 is 11.8 Å². The third-order valence-electron chi connectivity index (χ3n) is 7.46. The van der Waals surface area contributed by atoms with E-state index in [2.05, 4.69) is 42.5 Å². The molecule has 4 aromatic rings. The zero-order chi connectivity index (χ0) is 25.4. The molecule has 0 saturated carbocycles. The number of nitrogens with zero attached hydrogens (tertiary/aromatic N) is 1. The number of fused-ring (bicyclic) bond motifs is 3. The number of hydrogen-bond donors (Lipinski definition) is 0. The number of benzene rings is 4. The number of hydrogen-bond acceptors (Lipinski definition) is 3. The highest BCUT2D eigenvalue weighted by molar-refractivity contribution is 7.98. The maximum atomic E-state index is 14.1. The molecule has 2 heterocycles. The summed E-state index contributed by atoms with van der Waals surface area (Å²) < 4.78 is 33.2. The van der Waals surface area contributed by atoms with Gasteiger partial charge >= 0.3 is 0 Å². The van der Waals surface area contributed by atoms with Crippen LogP contribution in [0.2, 0.25) is 0 Å². The molecule has 188 valence electrons. The van der Waals surface area contributed by atoms with Crippen LogP contribution < -0.4 is 4.74 Å². The number of piperidine rings is 1. The van der Waals surface area contributed by atoms with Crippen molar-refractivity contribution in [3.63, 3.8) is 0 Å². The van der Waals surface area contributed by atoms with Crippen molar-refractivity contribution >= 4 is 28.4 Å². The summed E-state index contributed by atoms with van der Waals surface area (Å²) >= 11 is 1.80. The van der Waals surface area contributed by atoms with E-state index in [0.29, 0.717) is 18.4 Å². The lowest BCUT2D eigenvalue weighted by Gasteiger charge is -2.39. The molecule has 2 atom stereocenters. The fraction of sp³-hybridized carbons (Fsp3) is 0.258. The van der Waals surface area contributed by atoms with Crippen LogP contribution in [0.4, 0.5) is 8.78 Å². The van der Waals surface area contributed by atoms with E-state index in [1.54, 1.807) is 11.8 Å². The van der Waals surface area contributed by atoms with Gasteiger partial charge in [-0.05, 0) is 59.5 Å². The molecule has 0 radical (unpaired) electrons. The van der Waals surface area contributed by atoms with Crippen LogP contribution in [-0.4, -0.2) is 29.0 Å². The molecule has 4 aromatic carbocycles. The normalized spacial score (nSPS) is 20.8. The topological polar surface area (TPSA) is 29.5 Å². The van der Waals surface area contributed by atoms with Crippen LogP contribution in [0.5, 0.6) is 5.75 Å². The molecule has 2 aliphatic rings. The summed E-state index contributed by atoms with van der Waals surface area (Å²) in [5.41, 5.74) is 1.87. The first-order valence-electron chi connectivity index (χ1n) is 12.7. The molecular weight excluding hydrogens is 488 g/mol. The summed E-state index contributed by atoms with van der Waals surface area (Å²) in [7, 11) is 0.